The molecule has 1 N–H and O–H groups in total. The molecule has 0 aliphatic rings. The zero-order valence-corrected chi connectivity index (χ0v) is 31.2. The van der Waals surface area contributed by atoms with Crippen LogP contribution in [0.2, 0.25) is 5.02 Å². The first-order valence-electron chi connectivity index (χ1n) is 16.3. The molecule has 0 aromatic heterocycles. The van der Waals surface area contributed by atoms with Gasteiger partial charge in [0.25, 0.3) is 10.0 Å². The number of sulfonamides is 1. The normalized spacial score (nSPS) is 12.3. The number of amides is 2. The highest BCUT2D eigenvalue weighted by Gasteiger charge is 2.36. The van der Waals surface area contributed by atoms with Gasteiger partial charge in [0, 0.05) is 30.1 Å². The maximum atomic E-state index is 14.9. The van der Waals surface area contributed by atoms with E-state index >= 15 is 0 Å². The highest BCUT2D eigenvalue weighted by molar-refractivity contribution is 7.92. The summed E-state index contributed by atoms with van der Waals surface area (Å²) in [6.07, 6.45) is 0.835. The second-order valence-electron chi connectivity index (χ2n) is 11.7. The molecule has 0 saturated heterocycles. The third-order valence-electron chi connectivity index (χ3n) is 8.39. The fourth-order valence-electron chi connectivity index (χ4n) is 5.44. The highest BCUT2D eigenvalue weighted by atomic mass is 35.5. The topological polar surface area (TPSA) is 124 Å². The van der Waals surface area contributed by atoms with Crippen LogP contribution in [0.1, 0.15) is 31.4 Å². The lowest BCUT2D eigenvalue weighted by atomic mass is 10.0. The lowest BCUT2D eigenvalue weighted by molar-refractivity contribution is -0.140. The van der Waals surface area contributed by atoms with Crippen LogP contribution < -0.4 is 28.6 Å². The van der Waals surface area contributed by atoms with Crippen LogP contribution in [0.3, 0.4) is 0 Å². The van der Waals surface area contributed by atoms with Gasteiger partial charge in [0.2, 0.25) is 11.8 Å². The third kappa shape index (κ3) is 9.65. The molecular weight excluding hydrogens is 694 g/mol. The predicted octanol–water partition coefficient (Wildman–Crippen LogP) is 6.12. The molecule has 11 nitrogen and oxygen atoms in total. The van der Waals surface area contributed by atoms with Crippen molar-refractivity contribution in [3.05, 3.63) is 107 Å². The highest BCUT2D eigenvalue weighted by Crippen LogP contribution is 2.37. The Hall–Kier alpha value is -4.94. The van der Waals surface area contributed by atoms with E-state index in [9.17, 15) is 18.0 Å². The summed E-state index contributed by atoms with van der Waals surface area (Å²) in [7, 11) is 1.25. The molecule has 0 spiro atoms. The number of rotatable bonds is 17. The van der Waals surface area contributed by atoms with E-state index in [4.69, 9.17) is 30.5 Å². The van der Waals surface area contributed by atoms with Gasteiger partial charge in [-0.05, 0) is 66.9 Å². The summed E-state index contributed by atoms with van der Waals surface area (Å²) < 4.78 is 51.9. The zero-order chi connectivity index (χ0) is 37.1. The van der Waals surface area contributed by atoms with Crippen LogP contribution in [0, 0.1) is 0 Å². The number of methoxy groups -OCH3 is 4. The molecule has 0 heterocycles. The van der Waals surface area contributed by atoms with Crippen molar-refractivity contribution in [3.63, 3.8) is 0 Å². The van der Waals surface area contributed by atoms with E-state index in [2.05, 4.69) is 5.32 Å². The molecule has 0 fully saturated rings. The van der Waals surface area contributed by atoms with Crippen molar-refractivity contribution < 1.29 is 37.0 Å². The summed E-state index contributed by atoms with van der Waals surface area (Å²) in [6, 6.07) is 23.9. The van der Waals surface area contributed by atoms with Gasteiger partial charge in [-0.15, -0.1) is 0 Å². The number of nitrogens with zero attached hydrogens (tertiary/aromatic N) is 2. The van der Waals surface area contributed by atoms with E-state index in [1.807, 2.05) is 50.2 Å². The van der Waals surface area contributed by atoms with Crippen molar-refractivity contribution >= 4 is 39.1 Å². The molecule has 2 atom stereocenters. The average molecular weight is 738 g/mol. The Labute approximate surface area is 305 Å². The molecule has 13 heteroatoms. The Morgan fingerprint density at radius 3 is 2.10 bits per heavy atom. The van der Waals surface area contributed by atoms with Crippen molar-refractivity contribution in [1.82, 2.24) is 10.2 Å². The summed E-state index contributed by atoms with van der Waals surface area (Å²) in [5.74, 6) is 0.186. The van der Waals surface area contributed by atoms with Crippen molar-refractivity contribution in [2.75, 3.05) is 39.3 Å². The van der Waals surface area contributed by atoms with E-state index in [0.717, 1.165) is 9.87 Å². The number of hydrogen-bond donors (Lipinski definition) is 1. The fraction of sp³-hybridized carbons (Fsp3) is 0.316. The van der Waals surface area contributed by atoms with Crippen molar-refractivity contribution in [3.8, 4) is 23.0 Å². The predicted molar refractivity (Wildman–Crippen MR) is 197 cm³/mol. The molecule has 0 saturated carbocycles. The van der Waals surface area contributed by atoms with Crippen LogP contribution in [-0.4, -0.2) is 72.2 Å². The van der Waals surface area contributed by atoms with E-state index in [1.165, 1.54) is 63.7 Å². The number of carbonyl (C=O) groups excluding carboxylic acids is 2. The molecular formula is C38H44ClN3O8S. The minimum atomic E-state index is -4.51. The Morgan fingerprint density at radius 2 is 1.45 bits per heavy atom. The number of halogens is 1. The van der Waals surface area contributed by atoms with Gasteiger partial charge >= 0.3 is 0 Å². The van der Waals surface area contributed by atoms with E-state index in [-0.39, 0.29) is 52.0 Å². The number of carbonyl (C=O) groups is 2. The summed E-state index contributed by atoms with van der Waals surface area (Å²) in [4.78, 5) is 30.2. The Morgan fingerprint density at radius 1 is 0.784 bits per heavy atom. The maximum Gasteiger partial charge on any atom is 0.265 e. The number of nitrogens with one attached hydrogen (secondary N) is 1. The summed E-state index contributed by atoms with van der Waals surface area (Å²) in [5.41, 5.74) is 1.52. The summed E-state index contributed by atoms with van der Waals surface area (Å²) in [5, 5.41) is 3.25. The molecule has 0 bridgehead atoms. The SMILES string of the molecule is CC[C@H](C)NC(=O)[C@H](Cc1ccccc1)N(Cc1cccc(OC)c1)C(=O)CN(c1cc(Cl)ccc1OC)S(=O)(=O)c1ccc(OC)c(OC)c1. The van der Waals surface area contributed by atoms with Crippen LogP contribution in [0.15, 0.2) is 95.9 Å². The van der Waals surface area contributed by atoms with Gasteiger partial charge in [-0.3, -0.25) is 13.9 Å². The van der Waals surface area contributed by atoms with Crippen molar-refractivity contribution in [2.45, 2.75) is 50.2 Å². The number of benzene rings is 4. The van der Waals surface area contributed by atoms with Crippen molar-refractivity contribution in [2.24, 2.45) is 0 Å². The fourth-order valence-corrected chi connectivity index (χ4v) is 7.04. The molecule has 0 aliphatic heterocycles. The number of hydrogen-bond acceptors (Lipinski definition) is 8. The summed E-state index contributed by atoms with van der Waals surface area (Å²) in [6.45, 7) is 3.10. The standard InChI is InChI=1S/C38H44ClN3O8S/c1-7-26(2)40-38(44)33(21-27-12-9-8-10-13-27)41(24-28-14-11-15-30(20-28)47-3)37(43)25-42(32-22-29(39)16-18-34(32)48-4)51(45,46)31-17-19-35(49-5)36(23-31)50-6/h8-20,22-23,26,33H,7,21,24-25H2,1-6H3,(H,40,44)/t26-,33-/m0/s1. The van der Waals surface area contributed by atoms with Gasteiger partial charge in [0.1, 0.15) is 24.1 Å². The van der Waals surface area contributed by atoms with Crippen LogP contribution >= 0.6 is 11.6 Å². The minimum absolute atomic E-state index is 0.0260. The molecule has 0 unspecified atom stereocenters. The second kappa shape index (κ2) is 17.8. The zero-order valence-electron chi connectivity index (χ0n) is 29.6. The largest absolute Gasteiger partial charge is 0.497 e. The molecule has 272 valence electrons. The number of anilines is 1. The summed E-state index contributed by atoms with van der Waals surface area (Å²) >= 11 is 6.41. The van der Waals surface area contributed by atoms with Gasteiger partial charge < -0.3 is 29.2 Å². The lowest BCUT2D eigenvalue weighted by Crippen LogP contribution is -2.54. The Kier molecular flexibility index (Phi) is 13.6. The molecule has 51 heavy (non-hydrogen) atoms. The molecule has 0 radical (unpaired) electrons. The maximum absolute atomic E-state index is 14.9. The first-order valence-corrected chi connectivity index (χ1v) is 18.1. The average Bonchev–Trinajstić information content (AvgIpc) is 3.14. The van der Waals surface area contributed by atoms with Gasteiger partial charge in [0.15, 0.2) is 11.5 Å². The van der Waals surface area contributed by atoms with Gasteiger partial charge in [-0.1, -0.05) is 61.0 Å². The molecule has 4 aromatic rings. The molecule has 0 aliphatic carbocycles. The molecule has 2 amide bonds. The van der Waals surface area contributed by atoms with Crippen LogP contribution in [-0.2, 0) is 32.6 Å². The molecule has 4 aromatic carbocycles. The second-order valence-corrected chi connectivity index (χ2v) is 14.0. The van der Waals surface area contributed by atoms with Gasteiger partial charge in [0.05, 0.1) is 39.0 Å². The number of ether oxygens (including phenoxy) is 4. The Balaban J connectivity index is 1.90. The minimum Gasteiger partial charge on any atom is -0.497 e. The quantitative estimate of drug-likeness (QED) is 0.138. The Bertz CT molecular complexity index is 1910. The van der Waals surface area contributed by atoms with E-state index in [1.54, 1.807) is 24.3 Å². The van der Waals surface area contributed by atoms with Crippen LogP contribution in [0.5, 0.6) is 23.0 Å². The first kappa shape index (κ1) is 38.9. The smallest absolute Gasteiger partial charge is 0.265 e. The van der Waals surface area contributed by atoms with Crippen LogP contribution in [0.4, 0.5) is 5.69 Å². The van der Waals surface area contributed by atoms with Gasteiger partial charge in [-0.25, -0.2) is 8.42 Å². The van der Waals surface area contributed by atoms with Gasteiger partial charge in [-0.2, -0.15) is 0 Å². The first-order chi connectivity index (χ1) is 24.4. The van der Waals surface area contributed by atoms with Crippen molar-refractivity contribution in [1.29, 1.82) is 0 Å². The van der Waals surface area contributed by atoms with E-state index in [0.29, 0.717) is 23.5 Å². The van der Waals surface area contributed by atoms with E-state index < -0.39 is 28.5 Å². The lowest BCUT2D eigenvalue weighted by Gasteiger charge is -2.34. The third-order valence-corrected chi connectivity index (χ3v) is 10.4. The van der Waals surface area contributed by atoms with Crippen LogP contribution in [0.25, 0.3) is 0 Å². The monoisotopic (exact) mass is 737 g/mol. The molecule has 4 rings (SSSR count).